The minimum atomic E-state index is -0.313. The van der Waals surface area contributed by atoms with Crippen molar-refractivity contribution < 1.29 is 13.9 Å². The molecule has 0 saturated carbocycles. The highest BCUT2D eigenvalue weighted by atomic mass is 35.5. The minimum absolute atomic E-state index is 0.0710. The van der Waals surface area contributed by atoms with Gasteiger partial charge in [-0.15, -0.1) is 0 Å². The molecule has 2 N–H and O–H groups in total. The van der Waals surface area contributed by atoms with Crippen molar-refractivity contribution in [2.24, 2.45) is 0 Å². The number of imidazole rings is 1. The fourth-order valence-electron chi connectivity index (χ4n) is 3.46. The summed E-state index contributed by atoms with van der Waals surface area (Å²) in [6.07, 6.45) is 0.782. The van der Waals surface area contributed by atoms with E-state index < -0.39 is 0 Å². The van der Waals surface area contributed by atoms with Crippen LogP contribution >= 0.6 is 11.6 Å². The molecule has 0 bridgehead atoms. The van der Waals surface area contributed by atoms with Gasteiger partial charge < -0.3 is 19.8 Å². The number of nitrogens with one attached hydrogen (secondary N) is 2. The van der Waals surface area contributed by atoms with Crippen molar-refractivity contribution >= 4 is 22.6 Å². The van der Waals surface area contributed by atoms with E-state index in [1.165, 1.54) is 6.07 Å². The Balaban J connectivity index is 1.37. The van der Waals surface area contributed by atoms with Crippen LogP contribution < -0.4 is 14.8 Å². The van der Waals surface area contributed by atoms with Crippen LogP contribution in [0.5, 0.6) is 11.5 Å². The molecule has 0 aliphatic carbocycles. The fourth-order valence-corrected chi connectivity index (χ4v) is 3.74. The Morgan fingerprint density at radius 1 is 1.06 bits per heavy atom. The Labute approximate surface area is 191 Å². The smallest absolute Gasteiger partial charge is 0.180 e. The minimum Gasteiger partial charge on any atom is -0.490 e. The van der Waals surface area contributed by atoms with Crippen molar-refractivity contribution in [2.45, 2.75) is 26.5 Å². The zero-order chi connectivity index (χ0) is 22.3. The van der Waals surface area contributed by atoms with E-state index in [1.807, 2.05) is 43.3 Å². The summed E-state index contributed by atoms with van der Waals surface area (Å²) in [5.74, 6) is 1.60. The molecular weight excluding hydrogens is 429 g/mol. The van der Waals surface area contributed by atoms with Gasteiger partial charge in [-0.1, -0.05) is 41.9 Å². The van der Waals surface area contributed by atoms with Gasteiger partial charge in [0.1, 0.15) is 18.2 Å². The van der Waals surface area contributed by atoms with Crippen LogP contribution in [0.3, 0.4) is 0 Å². The van der Waals surface area contributed by atoms with Crippen molar-refractivity contribution in [1.29, 1.82) is 0 Å². The molecule has 5 nitrogen and oxygen atoms in total. The summed E-state index contributed by atoms with van der Waals surface area (Å²) in [4.78, 5) is 7.93. The number of aromatic amines is 1. The normalized spacial score (nSPS) is 11.1. The molecule has 32 heavy (non-hydrogen) atoms. The zero-order valence-corrected chi connectivity index (χ0v) is 18.6. The number of fused-ring (bicyclic) bond motifs is 1. The third kappa shape index (κ3) is 5.39. The van der Waals surface area contributed by atoms with Gasteiger partial charge >= 0.3 is 0 Å². The predicted octanol–water partition coefficient (Wildman–Crippen LogP) is 5.67. The fraction of sp³-hybridized carbons (Fsp3) is 0.240. The van der Waals surface area contributed by atoms with E-state index in [9.17, 15) is 4.39 Å². The Morgan fingerprint density at radius 3 is 2.69 bits per heavy atom. The van der Waals surface area contributed by atoms with Gasteiger partial charge in [0.05, 0.1) is 22.7 Å². The molecule has 0 unspecified atom stereocenters. The van der Waals surface area contributed by atoms with Crippen molar-refractivity contribution in [3.63, 3.8) is 0 Å². The van der Waals surface area contributed by atoms with E-state index in [0.29, 0.717) is 35.2 Å². The summed E-state index contributed by atoms with van der Waals surface area (Å²) in [6, 6.07) is 18.2. The molecular formula is C25H25ClFN3O2. The molecule has 0 fully saturated rings. The lowest BCUT2D eigenvalue weighted by atomic mass is 10.2. The molecule has 0 amide bonds. The number of hydrogen-bond acceptors (Lipinski definition) is 4. The van der Waals surface area contributed by atoms with Gasteiger partial charge in [0, 0.05) is 25.1 Å². The van der Waals surface area contributed by atoms with Crippen LogP contribution in [-0.4, -0.2) is 23.1 Å². The number of ether oxygens (including phenoxy) is 2. The largest absolute Gasteiger partial charge is 0.490 e. The summed E-state index contributed by atoms with van der Waals surface area (Å²) < 4.78 is 25.5. The van der Waals surface area contributed by atoms with Gasteiger partial charge in [0.15, 0.2) is 11.5 Å². The van der Waals surface area contributed by atoms with Crippen LogP contribution in [0.15, 0.2) is 60.7 Å². The lowest BCUT2D eigenvalue weighted by molar-refractivity contribution is 0.266. The number of para-hydroxylation sites is 2. The van der Waals surface area contributed by atoms with E-state index in [4.69, 9.17) is 21.1 Å². The van der Waals surface area contributed by atoms with Gasteiger partial charge in [0.2, 0.25) is 0 Å². The van der Waals surface area contributed by atoms with Crippen molar-refractivity contribution in [2.75, 3.05) is 13.2 Å². The lowest BCUT2D eigenvalue weighted by Crippen LogP contribution is -2.17. The summed E-state index contributed by atoms with van der Waals surface area (Å²) in [5, 5.41) is 3.84. The van der Waals surface area contributed by atoms with Crippen LogP contribution in [0.2, 0.25) is 5.02 Å². The maximum Gasteiger partial charge on any atom is 0.180 e. The molecule has 0 atom stereocenters. The second kappa shape index (κ2) is 10.5. The first-order valence-electron chi connectivity index (χ1n) is 10.6. The Hall–Kier alpha value is -3.09. The van der Waals surface area contributed by atoms with Crippen LogP contribution in [0.4, 0.5) is 4.39 Å². The quantitative estimate of drug-likeness (QED) is 0.304. The highest BCUT2D eigenvalue weighted by molar-refractivity contribution is 6.32. The van der Waals surface area contributed by atoms with E-state index in [1.54, 1.807) is 18.2 Å². The molecule has 166 valence electrons. The lowest BCUT2D eigenvalue weighted by Gasteiger charge is -2.16. The first-order chi connectivity index (χ1) is 15.6. The number of halogens is 2. The number of nitrogens with zero attached hydrogens (tertiary/aromatic N) is 1. The van der Waals surface area contributed by atoms with Gasteiger partial charge in [-0.25, -0.2) is 9.37 Å². The van der Waals surface area contributed by atoms with Crippen LogP contribution in [0.1, 0.15) is 23.9 Å². The molecule has 0 aliphatic rings. The second-order valence-electron chi connectivity index (χ2n) is 7.35. The molecule has 0 saturated heterocycles. The monoisotopic (exact) mass is 453 g/mol. The SMILES string of the molecule is CCOc1cc(CNCCc2nc3ccccc3[nH]2)cc(Cl)c1OCc1ccccc1F. The molecule has 7 heteroatoms. The average Bonchev–Trinajstić information content (AvgIpc) is 3.20. The van der Waals surface area contributed by atoms with E-state index >= 15 is 0 Å². The summed E-state index contributed by atoms with van der Waals surface area (Å²) in [7, 11) is 0. The number of aromatic nitrogens is 2. The van der Waals surface area contributed by atoms with Gasteiger partial charge in [0.25, 0.3) is 0 Å². The van der Waals surface area contributed by atoms with Gasteiger partial charge in [-0.05, 0) is 42.8 Å². The summed E-state index contributed by atoms with van der Waals surface area (Å²) in [5.41, 5.74) is 3.45. The zero-order valence-electron chi connectivity index (χ0n) is 17.8. The number of benzene rings is 3. The van der Waals surface area contributed by atoms with E-state index in [2.05, 4.69) is 15.3 Å². The molecule has 1 aromatic heterocycles. The maximum absolute atomic E-state index is 13.9. The molecule has 0 spiro atoms. The van der Waals surface area contributed by atoms with Crippen LogP contribution in [0.25, 0.3) is 11.0 Å². The third-order valence-corrected chi connectivity index (χ3v) is 5.29. The average molecular weight is 454 g/mol. The first-order valence-corrected chi connectivity index (χ1v) is 11.0. The Morgan fingerprint density at radius 2 is 1.88 bits per heavy atom. The van der Waals surface area contributed by atoms with Crippen molar-refractivity contribution in [3.8, 4) is 11.5 Å². The second-order valence-corrected chi connectivity index (χ2v) is 7.75. The van der Waals surface area contributed by atoms with E-state index in [0.717, 1.165) is 35.4 Å². The van der Waals surface area contributed by atoms with Crippen molar-refractivity contribution in [3.05, 3.63) is 88.5 Å². The number of rotatable bonds is 10. The highest BCUT2D eigenvalue weighted by Crippen LogP contribution is 2.37. The Kier molecular flexibility index (Phi) is 7.24. The summed E-state index contributed by atoms with van der Waals surface area (Å²) in [6.45, 7) is 3.81. The van der Waals surface area contributed by atoms with Crippen LogP contribution in [0, 0.1) is 5.82 Å². The number of hydrogen-bond donors (Lipinski definition) is 2. The first kappa shape index (κ1) is 22.1. The highest BCUT2D eigenvalue weighted by Gasteiger charge is 2.14. The molecule has 3 aromatic carbocycles. The van der Waals surface area contributed by atoms with Gasteiger partial charge in [-0.3, -0.25) is 0 Å². The molecule has 1 heterocycles. The molecule has 0 radical (unpaired) electrons. The standard InChI is InChI=1S/C25H25ClFN3O2/c1-2-31-23-14-17(13-19(26)25(23)32-16-18-7-3-4-8-20(18)27)15-28-12-11-24-29-21-9-5-6-10-22(21)30-24/h3-10,13-14,28H,2,11-12,15-16H2,1H3,(H,29,30). The molecule has 4 aromatic rings. The molecule has 0 aliphatic heterocycles. The Bertz CT molecular complexity index is 1160. The molecule has 4 rings (SSSR count). The van der Waals surface area contributed by atoms with Crippen molar-refractivity contribution in [1.82, 2.24) is 15.3 Å². The van der Waals surface area contributed by atoms with Crippen LogP contribution in [-0.2, 0) is 19.6 Å². The number of H-pyrrole nitrogens is 1. The van der Waals surface area contributed by atoms with Gasteiger partial charge in [-0.2, -0.15) is 0 Å². The predicted molar refractivity (Wildman–Crippen MR) is 125 cm³/mol. The summed E-state index contributed by atoms with van der Waals surface area (Å²) >= 11 is 6.49. The van der Waals surface area contributed by atoms with E-state index in [-0.39, 0.29) is 12.4 Å². The maximum atomic E-state index is 13.9. The third-order valence-electron chi connectivity index (χ3n) is 5.01. The topological polar surface area (TPSA) is 59.2 Å².